The summed E-state index contributed by atoms with van der Waals surface area (Å²) in [5.41, 5.74) is 0.984. The van der Waals surface area contributed by atoms with E-state index in [1.54, 1.807) is 25.3 Å². The summed E-state index contributed by atoms with van der Waals surface area (Å²) >= 11 is 0. The van der Waals surface area contributed by atoms with E-state index >= 15 is 0 Å². The molecular formula is C9H7FN2. The predicted octanol–water partition coefficient (Wildman–Crippen LogP) is 2.08. The molecule has 0 radical (unpaired) electrons. The zero-order valence-corrected chi connectivity index (χ0v) is 6.58. The number of fused-ring (bicyclic) bond motifs is 1. The van der Waals surface area contributed by atoms with Crippen LogP contribution in [-0.2, 0) is 0 Å². The first-order chi connectivity index (χ1) is 5.77. The second kappa shape index (κ2) is 2.52. The van der Waals surface area contributed by atoms with Crippen molar-refractivity contribution < 1.29 is 4.39 Å². The van der Waals surface area contributed by atoms with Gasteiger partial charge < -0.3 is 0 Å². The van der Waals surface area contributed by atoms with Crippen LogP contribution in [0.4, 0.5) is 4.39 Å². The Kier molecular flexibility index (Phi) is 1.50. The number of pyridine rings is 2. The fraction of sp³-hybridized carbons (Fsp3) is 0.111. The van der Waals surface area contributed by atoms with Gasteiger partial charge in [-0.1, -0.05) is 0 Å². The van der Waals surface area contributed by atoms with Crippen LogP contribution in [0.3, 0.4) is 0 Å². The molecule has 0 atom stereocenters. The lowest BCUT2D eigenvalue weighted by Gasteiger charge is -1.97. The largest absolute Gasteiger partial charge is 0.237 e. The van der Waals surface area contributed by atoms with Gasteiger partial charge in [-0.15, -0.1) is 0 Å². The number of aryl methyl sites for hydroxylation is 1. The number of rotatable bonds is 0. The molecule has 0 amide bonds. The fourth-order valence-corrected chi connectivity index (χ4v) is 1.07. The second-order valence-electron chi connectivity index (χ2n) is 2.61. The van der Waals surface area contributed by atoms with Gasteiger partial charge in [-0.25, -0.2) is 14.4 Å². The van der Waals surface area contributed by atoms with E-state index in [1.165, 1.54) is 6.07 Å². The molecule has 60 valence electrons. The number of hydrogen-bond acceptors (Lipinski definition) is 2. The number of hydrogen-bond donors (Lipinski definition) is 0. The van der Waals surface area contributed by atoms with Crippen LogP contribution >= 0.6 is 0 Å². The van der Waals surface area contributed by atoms with E-state index in [0.717, 1.165) is 5.39 Å². The van der Waals surface area contributed by atoms with Crippen LogP contribution in [0.2, 0.25) is 0 Å². The van der Waals surface area contributed by atoms with E-state index in [4.69, 9.17) is 0 Å². The zero-order chi connectivity index (χ0) is 8.55. The molecule has 2 rings (SSSR count). The van der Waals surface area contributed by atoms with Crippen molar-refractivity contribution in [2.75, 3.05) is 0 Å². The predicted molar refractivity (Wildman–Crippen MR) is 44.2 cm³/mol. The number of aromatic nitrogens is 2. The fourth-order valence-electron chi connectivity index (χ4n) is 1.07. The van der Waals surface area contributed by atoms with Crippen LogP contribution in [0.5, 0.6) is 0 Å². The van der Waals surface area contributed by atoms with Gasteiger partial charge in [0.2, 0.25) is 0 Å². The first-order valence-corrected chi connectivity index (χ1v) is 3.65. The molecule has 12 heavy (non-hydrogen) atoms. The summed E-state index contributed by atoms with van der Waals surface area (Å²) in [4.78, 5) is 7.99. The molecular weight excluding hydrogens is 155 g/mol. The smallest absolute Gasteiger partial charge is 0.159 e. The highest BCUT2D eigenvalue weighted by atomic mass is 19.1. The third-order valence-electron chi connectivity index (χ3n) is 1.72. The van der Waals surface area contributed by atoms with E-state index in [2.05, 4.69) is 9.97 Å². The van der Waals surface area contributed by atoms with Crippen molar-refractivity contribution in [1.82, 2.24) is 9.97 Å². The highest BCUT2D eigenvalue weighted by Crippen LogP contribution is 2.12. The standard InChI is InChI=1S/C9H7FN2/c1-6-8(10)5-7-3-2-4-11-9(7)12-6/h2-5H,1H3. The van der Waals surface area contributed by atoms with Crippen LogP contribution in [0, 0.1) is 12.7 Å². The third kappa shape index (κ3) is 1.03. The lowest BCUT2D eigenvalue weighted by molar-refractivity contribution is 0.612. The Balaban J connectivity index is 2.84. The van der Waals surface area contributed by atoms with Gasteiger partial charge in [-0.3, -0.25) is 0 Å². The van der Waals surface area contributed by atoms with Crippen LogP contribution in [0.15, 0.2) is 24.4 Å². The minimum absolute atomic E-state index is 0.282. The number of nitrogens with zero attached hydrogens (tertiary/aromatic N) is 2. The molecule has 2 aromatic rings. The van der Waals surface area contributed by atoms with Crippen molar-refractivity contribution in [3.05, 3.63) is 35.9 Å². The van der Waals surface area contributed by atoms with E-state index < -0.39 is 0 Å². The first kappa shape index (κ1) is 7.16. The molecule has 0 aliphatic rings. The van der Waals surface area contributed by atoms with E-state index in [9.17, 15) is 4.39 Å². The van der Waals surface area contributed by atoms with Crippen molar-refractivity contribution in [2.45, 2.75) is 6.92 Å². The Hall–Kier alpha value is -1.51. The van der Waals surface area contributed by atoms with E-state index in [0.29, 0.717) is 11.3 Å². The lowest BCUT2D eigenvalue weighted by atomic mass is 10.2. The molecule has 0 saturated carbocycles. The van der Waals surface area contributed by atoms with Gasteiger partial charge in [0, 0.05) is 11.6 Å². The molecule has 2 heterocycles. The topological polar surface area (TPSA) is 25.8 Å². The van der Waals surface area contributed by atoms with Crippen LogP contribution in [-0.4, -0.2) is 9.97 Å². The number of halogens is 1. The summed E-state index contributed by atoms with van der Waals surface area (Å²) in [5, 5.41) is 0.737. The van der Waals surface area contributed by atoms with Crippen molar-refractivity contribution >= 4 is 11.0 Å². The highest BCUT2D eigenvalue weighted by Gasteiger charge is 2.01. The van der Waals surface area contributed by atoms with Crippen LogP contribution in [0.25, 0.3) is 11.0 Å². The van der Waals surface area contributed by atoms with Gasteiger partial charge in [0.05, 0.1) is 5.69 Å². The Morgan fingerprint density at radius 2 is 2.25 bits per heavy atom. The summed E-state index contributed by atoms with van der Waals surface area (Å²) in [6, 6.07) is 5.00. The third-order valence-corrected chi connectivity index (χ3v) is 1.72. The van der Waals surface area contributed by atoms with Crippen molar-refractivity contribution in [1.29, 1.82) is 0 Å². The summed E-state index contributed by atoms with van der Waals surface area (Å²) in [5.74, 6) is -0.282. The van der Waals surface area contributed by atoms with E-state index in [-0.39, 0.29) is 5.82 Å². The summed E-state index contributed by atoms with van der Waals surface area (Å²) in [6.07, 6.45) is 1.65. The summed E-state index contributed by atoms with van der Waals surface area (Å²) in [6.45, 7) is 1.63. The molecule has 0 saturated heterocycles. The average Bonchev–Trinajstić information content (AvgIpc) is 2.07. The van der Waals surface area contributed by atoms with Gasteiger partial charge in [-0.05, 0) is 25.1 Å². The average molecular weight is 162 g/mol. The monoisotopic (exact) mass is 162 g/mol. The van der Waals surface area contributed by atoms with E-state index in [1.807, 2.05) is 0 Å². The molecule has 3 heteroatoms. The van der Waals surface area contributed by atoms with Gasteiger partial charge in [0.25, 0.3) is 0 Å². The minimum Gasteiger partial charge on any atom is -0.237 e. The van der Waals surface area contributed by atoms with Crippen molar-refractivity contribution in [3.63, 3.8) is 0 Å². The van der Waals surface area contributed by atoms with Gasteiger partial charge >= 0.3 is 0 Å². The molecule has 0 fully saturated rings. The first-order valence-electron chi connectivity index (χ1n) is 3.65. The maximum absolute atomic E-state index is 13.0. The second-order valence-corrected chi connectivity index (χ2v) is 2.61. The zero-order valence-electron chi connectivity index (χ0n) is 6.58. The Morgan fingerprint density at radius 1 is 1.42 bits per heavy atom. The minimum atomic E-state index is -0.282. The highest BCUT2D eigenvalue weighted by molar-refractivity contribution is 5.74. The SMILES string of the molecule is Cc1nc2ncccc2cc1F. The molecule has 0 aliphatic carbocycles. The molecule has 0 aliphatic heterocycles. The Morgan fingerprint density at radius 3 is 3.08 bits per heavy atom. The van der Waals surface area contributed by atoms with Crippen LogP contribution < -0.4 is 0 Å². The maximum Gasteiger partial charge on any atom is 0.159 e. The van der Waals surface area contributed by atoms with Crippen molar-refractivity contribution in [3.8, 4) is 0 Å². The maximum atomic E-state index is 13.0. The molecule has 2 aromatic heterocycles. The molecule has 0 aromatic carbocycles. The molecule has 0 unspecified atom stereocenters. The lowest BCUT2D eigenvalue weighted by Crippen LogP contribution is -1.90. The van der Waals surface area contributed by atoms with Gasteiger partial charge in [0.15, 0.2) is 5.65 Å². The summed E-state index contributed by atoms with van der Waals surface area (Å²) < 4.78 is 13.0. The molecule has 0 bridgehead atoms. The van der Waals surface area contributed by atoms with Gasteiger partial charge in [-0.2, -0.15) is 0 Å². The van der Waals surface area contributed by atoms with Crippen molar-refractivity contribution in [2.24, 2.45) is 0 Å². The molecule has 0 spiro atoms. The molecule has 2 nitrogen and oxygen atoms in total. The summed E-state index contributed by atoms with van der Waals surface area (Å²) in [7, 11) is 0. The quantitative estimate of drug-likeness (QED) is 0.592. The van der Waals surface area contributed by atoms with Gasteiger partial charge in [0.1, 0.15) is 5.82 Å². The Labute approximate surface area is 69.1 Å². The normalized spacial score (nSPS) is 10.5. The van der Waals surface area contributed by atoms with Crippen LogP contribution in [0.1, 0.15) is 5.69 Å². The molecule has 0 N–H and O–H groups in total. The Bertz CT molecular complexity index is 385.